The molecule has 0 amide bonds. The van der Waals surface area contributed by atoms with Crippen molar-refractivity contribution in [1.82, 2.24) is 4.57 Å². The van der Waals surface area contributed by atoms with E-state index >= 15 is 0 Å². The minimum Gasteiger partial charge on any atom is -0.316 e. The fraction of sp³-hybridized carbons (Fsp3) is 0.545. The summed E-state index contributed by atoms with van der Waals surface area (Å²) in [7, 11) is 0. The van der Waals surface area contributed by atoms with E-state index in [1.807, 2.05) is 12.3 Å². The lowest BCUT2D eigenvalue weighted by Gasteiger charge is -2.18. The van der Waals surface area contributed by atoms with Crippen LogP contribution in [0, 0.1) is 5.41 Å². The molecule has 1 aromatic heterocycles. The molecule has 0 saturated heterocycles. The summed E-state index contributed by atoms with van der Waals surface area (Å²) in [5.41, 5.74) is 0.377. The Hall–Kier alpha value is -1.05. The van der Waals surface area contributed by atoms with E-state index in [4.69, 9.17) is 0 Å². The van der Waals surface area contributed by atoms with Gasteiger partial charge in [-0.1, -0.05) is 26.8 Å². The van der Waals surface area contributed by atoms with E-state index in [1.165, 1.54) is 0 Å². The maximum Gasteiger partial charge on any atom is 0.250 e. The van der Waals surface area contributed by atoms with E-state index in [1.54, 1.807) is 16.7 Å². The maximum atomic E-state index is 11.3. The van der Waals surface area contributed by atoms with Gasteiger partial charge in [0.25, 0.3) is 0 Å². The highest BCUT2D eigenvalue weighted by Gasteiger charge is 2.09. The molecular weight excluding hydrogens is 162 g/mol. The van der Waals surface area contributed by atoms with E-state index in [0.717, 1.165) is 13.0 Å². The number of rotatable bonds is 2. The molecule has 2 nitrogen and oxygen atoms in total. The fourth-order valence-electron chi connectivity index (χ4n) is 1.10. The van der Waals surface area contributed by atoms with Crippen molar-refractivity contribution >= 4 is 0 Å². The van der Waals surface area contributed by atoms with E-state index in [2.05, 4.69) is 20.8 Å². The molecule has 0 fully saturated rings. The Labute approximate surface area is 79.2 Å². The predicted molar refractivity (Wildman–Crippen MR) is 54.8 cm³/mol. The third kappa shape index (κ3) is 3.45. The van der Waals surface area contributed by atoms with Gasteiger partial charge in [-0.3, -0.25) is 4.79 Å². The normalized spacial score (nSPS) is 11.6. The van der Waals surface area contributed by atoms with Gasteiger partial charge in [0.15, 0.2) is 0 Å². The zero-order valence-corrected chi connectivity index (χ0v) is 8.58. The second-order valence-electron chi connectivity index (χ2n) is 4.54. The molecule has 0 N–H and O–H groups in total. The second kappa shape index (κ2) is 3.77. The molecule has 0 unspecified atom stereocenters. The smallest absolute Gasteiger partial charge is 0.250 e. The number of aryl methyl sites for hydroxylation is 1. The topological polar surface area (TPSA) is 22.0 Å². The van der Waals surface area contributed by atoms with Gasteiger partial charge in [-0.15, -0.1) is 0 Å². The number of hydrogen-bond donors (Lipinski definition) is 0. The van der Waals surface area contributed by atoms with Crippen LogP contribution in [0.3, 0.4) is 0 Å². The van der Waals surface area contributed by atoms with Crippen LogP contribution in [0.1, 0.15) is 27.2 Å². The van der Waals surface area contributed by atoms with Gasteiger partial charge in [0.2, 0.25) is 5.56 Å². The Morgan fingerprint density at radius 3 is 2.54 bits per heavy atom. The summed E-state index contributed by atoms with van der Waals surface area (Å²) in [4.78, 5) is 11.3. The van der Waals surface area contributed by atoms with Gasteiger partial charge in [0.05, 0.1) is 0 Å². The molecule has 0 radical (unpaired) electrons. The Morgan fingerprint density at radius 1 is 1.31 bits per heavy atom. The highest BCUT2D eigenvalue weighted by Crippen LogP contribution is 2.18. The van der Waals surface area contributed by atoms with Crippen molar-refractivity contribution in [3.05, 3.63) is 34.7 Å². The molecule has 1 aromatic rings. The van der Waals surface area contributed by atoms with Gasteiger partial charge in [-0.25, -0.2) is 0 Å². The monoisotopic (exact) mass is 179 g/mol. The third-order valence-electron chi connectivity index (χ3n) is 2.00. The Kier molecular flexibility index (Phi) is 2.91. The van der Waals surface area contributed by atoms with Crippen LogP contribution in [0.4, 0.5) is 0 Å². The molecule has 2 heteroatoms. The predicted octanol–water partition coefficient (Wildman–Crippen LogP) is 2.28. The quantitative estimate of drug-likeness (QED) is 0.682. The van der Waals surface area contributed by atoms with E-state index in [0.29, 0.717) is 0 Å². The lowest BCUT2D eigenvalue weighted by molar-refractivity contribution is 0.348. The number of nitrogens with zero attached hydrogens (tertiary/aromatic N) is 1. The average molecular weight is 179 g/mol. The number of aromatic nitrogens is 1. The van der Waals surface area contributed by atoms with Gasteiger partial charge < -0.3 is 4.57 Å². The molecule has 1 rings (SSSR count). The lowest BCUT2D eigenvalue weighted by atomic mass is 9.92. The first-order valence-corrected chi connectivity index (χ1v) is 4.64. The zero-order chi connectivity index (χ0) is 9.90. The van der Waals surface area contributed by atoms with Crippen molar-refractivity contribution in [3.8, 4) is 0 Å². The Bertz CT molecular complexity index is 319. The van der Waals surface area contributed by atoms with Crippen LogP contribution < -0.4 is 5.56 Å². The number of hydrogen-bond acceptors (Lipinski definition) is 1. The van der Waals surface area contributed by atoms with E-state index < -0.39 is 0 Å². The molecule has 1 heterocycles. The minimum atomic E-state index is 0.0896. The standard InChI is InChI=1S/C11H17NO/c1-11(2,3)7-9-12-8-5-4-6-10(12)13/h4-6,8H,7,9H2,1-3H3. The SMILES string of the molecule is CC(C)(C)CCn1ccccc1=O. The summed E-state index contributed by atoms with van der Waals surface area (Å²) in [6.45, 7) is 7.35. The summed E-state index contributed by atoms with van der Waals surface area (Å²) in [5, 5.41) is 0. The summed E-state index contributed by atoms with van der Waals surface area (Å²) < 4.78 is 1.76. The van der Waals surface area contributed by atoms with Crippen molar-refractivity contribution in [2.75, 3.05) is 0 Å². The molecule has 72 valence electrons. The first-order chi connectivity index (χ1) is 5.99. The van der Waals surface area contributed by atoms with Crippen molar-refractivity contribution < 1.29 is 0 Å². The minimum absolute atomic E-state index is 0.0896. The molecule has 0 bridgehead atoms. The van der Waals surface area contributed by atoms with Gasteiger partial charge >= 0.3 is 0 Å². The largest absolute Gasteiger partial charge is 0.316 e. The Balaban J connectivity index is 2.66. The summed E-state index contributed by atoms with van der Waals surface area (Å²) in [6, 6.07) is 5.27. The van der Waals surface area contributed by atoms with Crippen LogP contribution in [0.5, 0.6) is 0 Å². The molecule has 13 heavy (non-hydrogen) atoms. The van der Waals surface area contributed by atoms with Crippen LogP contribution in [0.25, 0.3) is 0 Å². The van der Waals surface area contributed by atoms with Crippen molar-refractivity contribution in [3.63, 3.8) is 0 Å². The molecule has 0 aromatic carbocycles. The first kappa shape index (κ1) is 10.0. The van der Waals surface area contributed by atoms with E-state index in [9.17, 15) is 4.79 Å². The summed E-state index contributed by atoms with van der Waals surface area (Å²) >= 11 is 0. The summed E-state index contributed by atoms with van der Waals surface area (Å²) in [6.07, 6.45) is 2.87. The van der Waals surface area contributed by atoms with Crippen LogP contribution in [0.15, 0.2) is 29.2 Å². The molecular formula is C11H17NO. The molecule has 0 aliphatic carbocycles. The first-order valence-electron chi connectivity index (χ1n) is 4.64. The maximum absolute atomic E-state index is 11.3. The average Bonchev–Trinajstić information content (AvgIpc) is 2.01. The highest BCUT2D eigenvalue weighted by atomic mass is 16.1. The van der Waals surface area contributed by atoms with Crippen molar-refractivity contribution in [2.24, 2.45) is 5.41 Å². The van der Waals surface area contributed by atoms with Crippen LogP contribution in [0.2, 0.25) is 0 Å². The van der Waals surface area contributed by atoms with Crippen molar-refractivity contribution in [2.45, 2.75) is 33.7 Å². The fourth-order valence-corrected chi connectivity index (χ4v) is 1.10. The van der Waals surface area contributed by atoms with Gasteiger partial charge in [-0.05, 0) is 17.9 Å². The lowest BCUT2D eigenvalue weighted by Crippen LogP contribution is -2.20. The van der Waals surface area contributed by atoms with E-state index in [-0.39, 0.29) is 11.0 Å². The molecule has 0 aliphatic heterocycles. The number of pyridine rings is 1. The van der Waals surface area contributed by atoms with Crippen LogP contribution in [-0.4, -0.2) is 4.57 Å². The molecule has 0 spiro atoms. The van der Waals surface area contributed by atoms with Gasteiger partial charge in [0, 0.05) is 18.8 Å². The van der Waals surface area contributed by atoms with Gasteiger partial charge in [0.1, 0.15) is 0 Å². The van der Waals surface area contributed by atoms with Crippen LogP contribution in [-0.2, 0) is 6.54 Å². The van der Waals surface area contributed by atoms with Crippen LogP contribution >= 0.6 is 0 Å². The van der Waals surface area contributed by atoms with Crippen molar-refractivity contribution in [1.29, 1.82) is 0 Å². The summed E-state index contributed by atoms with van der Waals surface area (Å²) in [5.74, 6) is 0. The molecule has 0 saturated carbocycles. The molecule has 0 atom stereocenters. The Morgan fingerprint density at radius 2 is 2.00 bits per heavy atom. The highest BCUT2D eigenvalue weighted by molar-refractivity contribution is 4.93. The molecule has 0 aliphatic rings. The zero-order valence-electron chi connectivity index (χ0n) is 8.58. The van der Waals surface area contributed by atoms with Gasteiger partial charge in [-0.2, -0.15) is 0 Å². The third-order valence-corrected chi connectivity index (χ3v) is 2.00. The second-order valence-corrected chi connectivity index (χ2v) is 4.54.